The fourth-order valence-corrected chi connectivity index (χ4v) is 2.68. The van der Waals surface area contributed by atoms with Crippen molar-refractivity contribution in [2.75, 3.05) is 18.1 Å². The van der Waals surface area contributed by atoms with E-state index in [0.29, 0.717) is 37.1 Å². The van der Waals surface area contributed by atoms with Crippen LogP contribution in [-0.4, -0.2) is 23.1 Å². The number of hydrogen-bond acceptors (Lipinski definition) is 5. The van der Waals surface area contributed by atoms with E-state index in [-0.39, 0.29) is 11.6 Å². The number of halogens is 1. The molecule has 3 aromatic rings. The fourth-order valence-electron chi connectivity index (χ4n) is 2.68. The number of benzene rings is 2. The van der Waals surface area contributed by atoms with E-state index in [1.807, 2.05) is 35.2 Å². The standard InChI is InChI=1S/C19H16FN3O2/c20-16-7-4-8-17-18(16)24-10-9-23(17)19-21-11-15(12-22-19)25-13-14-5-2-1-3-6-14/h1-8,11-12H,9-10,13H2. The maximum atomic E-state index is 13.9. The van der Waals surface area contributed by atoms with Gasteiger partial charge in [-0.15, -0.1) is 0 Å². The summed E-state index contributed by atoms with van der Waals surface area (Å²) in [6.45, 7) is 1.39. The van der Waals surface area contributed by atoms with E-state index in [1.54, 1.807) is 24.5 Å². The Morgan fingerprint density at radius 1 is 1.04 bits per heavy atom. The van der Waals surface area contributed by atoms with E-state index in [4.69, 9.17) is 9.47 Å². The lowest BCUT2D eigenvalue weighted by molar-refractivity contribution is 0.295. The summed E-state index contributed by atoms with van der Waals surface area (Å²) >= 11 is 0. The van der Waals surface area contributed by atoms with Crippen molar-refractivity contribution in [1.82, 2.24) is 9.97 Å². The average Bonchev–Trinajstić information content (AvgIpc) is 2.68. The molecule has 0 N–H and O–H groups in total. The van der Waals surface area contributed by atoms with Crippen LogP contribution in [-0.2, 0) is 6.61 Å². The van der Waals surface area contributed by atoms with Gasteiger partial charge in [-0.05, 0) is 17.7 Å². The summed E-state index contributed by atoms with van der Waals surface area (Å²) in [5, 5.41) is 0. The summed E-state index contributed by atoms with van der Waals surface area (Å²) in [4.78, 5) is 10.5. The minimum absolute atomic E-state index is 0.238. The first kappa shape index (κ1) is 15.4. The smallest absolute Gasteiger partial charge is 0.230 e. The molecule has 0 aliphatic carbocycles. The Kier molecular flexibility index (Phi) is 4.16. The van der Waals surface area contributed by atoms with Gasteiger partial charge in [-0.25, -0.2) is 14.4 Å². The Balaban J connectivity index is 1.51. The van der Waals surface area contributed by atoms with E-state index in [9.17, 15) is 4.39 Å². The summed E-state index contributed by atoms with van der Waals surface area (Å²) < 4.78 is 25.0. The Morgan fingerprint density at radius 2 is 1.84 bits per heavy atom. The third kappa shape index (κ3) is 3.24. The van der Waals surface area contributed by atoms with Gasteiger partial charge in [0.25, 0.3) is 0 Å². The van der Waals surface area contributed by atoms with E-state index < -0.39 is 0 Å². The van der Waals surface area contributed by atoms with Gasteiger partial charge in [0.2, 0.25) is 5.95 Å². The molecule has 2 heterocycles. The van der Waals surface area contributed by atoms with Gasteiger partial charge < -0.3 is 14.4 Å². The van der Waals surface area contributed by atoms with Gasteiger partial charge in [-0.1, -0.05) is 36.4 Å². The quantitative estimate of drug-likeness (QED) is 0.726. The van der Waals surface area contributed by atoms with E-state index in [0.717, 1.165) is 5.56 Å². The van der Waals surface area contributed by atoms with Crippen molar-refractivity contribution in [2.24, 2.45) is 0 Å². The van der Waals surface area contributed by atoms with E-state index in [2.05, 4.69) is 9.97 Å². The molecule has 0 radical (unpaired) electrons. The largest absolute Gasteiger partial charge is 0.486 e. The highest BCUT2D eigenvalue weighted by Crippen LogP contribution is 2.36. The summed E-state index contributed by atoms with van der Waals surface area (Å²) in [5.74, 6) is 0.925. The zero-order valence-corrected chi connectivity index (χ0v) is 13.4. The maximum Gasteiger partial charge on any atom is 0.230 e. The van der Waals surface area contributed by atoms with Crippen LogP contribution < -0.4 is 14.4 Å². The molecular formula is C19H16FN3O2. The van der Waals surface area contributed by atoms with Crippen molar-refractivity contribution in [1.29, 1.82) is 0 Å². The minimum atomic E-state index is -0.384. The second-order valence-corrected chi connectivity index (χ2v) is 5.58. The number of hydrogen-bond donors (Lipinski definition) is 0. The molecule has 0 amide bonds. The molecule has 0 spiro atoms. The molecule has 126 valence electrons. The lowest BCUT2D eigenvalue weighted by atomic mass is 10.2. The van der Waals surface area contributed by atoms with Crippen LogP contribution in [0.1, 0.15) is 5.56 Å². The van der Waals surface area contributed by atoms with Crippen LogP contribution in [0, 0.1) is 5.82 Å². The van der Waals surface area contributed by atoms with Gasteiger partial charge in [-0.3, -0.25) is 0 Å². The average molecular weight is 337 g/mol. The number of ether oxygens (including phenoxy) is 2. The van der Waals surface area contributed by atoms with Crippen LogP contribution in [0.4, 0.5) is 16.0 Å². The highest BCUT2D eigenvalue weighted by atomic mass is 19.1. The highest BCUT2D eigenvalue weighted by Gasteiger charge is 2.23. The molecule has 6 heteroatoms. The molecular weight excluding hydrogens is 321 g/mol. The molecule has 0 fully saturated rings. The lowest BCUT2D eigenvalue weighted by Crippen LogP contribution is -2.30. The Hall–Kier alpha value is -3.15. The first-order valence-corrected chi connectivity index (χ1v) is 7.99. The molecule has 0 atom stereocenters. The molecule has 4 rings (SSSR count). The Morgan fingerprint density at radius 3 is 2.64 bits per heavy atom. The number of aromatic nitrogens is 2. The van der Waals surface area contributed by atoms with Crippen LogP contribution in [0.2, 0.25) is 0 Å². The van der Waals surface area contributed by atoms with Crippen LogP contribution >= 0.6 is 0 Å². The predicted octanol–water partition coefficient (Wildman–Crippen LogP) is 3.73. The van der Waals surface area contributed by atoms with Crippen molar-refractivity contribution >= 4 is 11.6 Å². The molecule has 1 aliphatic rings. The molecule has 25 heavy (non-hydrogen) atoms. The molecule has 5 nitrogen and oxygen atoms in total. The van der Waals surface area contributed by atoms with Crippen LogP contribution in [0.15, 0.2) is 60.9 Å². The van der Waals surface area contributed by atoms with Crippen molar-refractivity contribution in [3.05, 3.63) is 72.3 Å². The third-order valence-corrected chi connectivity index (χ3v) is 3.90. The number of nitrogens with zero attached hydrogens (tertiary/aromatic N) is 3. The van der Waals surface area contributed by atoms with Gasteiger partial charge in [-0.2, -0.15) is 0 Å². The molecule has 0 saturated carbocycles. The minimum Gasteiger partial charge on any atom is -0.486 e. The normalized spacial score (nSPS) is 13.1. The topological polar surface area (TPSA) is 47.5 Å². The molecule has 1 aliphatic heterocycles. The van der Waals surface area contributed by atoms with Crippen LogP contribution in [0.3, 0.4) is 0 Å². The number of fused-ring (bicyclic) bond motifs is 1. The third-order valence-electron chi connectivity index (χ3n) is 3.90. The van der Waals surface area contributed by atoms with Gasteiger partial charge in [0.05, 0.1) is 24.6 Å². The van der Waals surface area contributed by atoms with Crippen molar-refractivity contribution in [3.8, 4) is 11.5 Å². The lowest BCUT2D eigenvalue weighted by Gasteiger charge is -2.29. The molecule has 0 unspecified atom stereocenters. The van der Waals surface area contributed by atoms with Crippen LogP contribution in [0.25, 0.3) is 0 Å². The molecule has 0 bridgehead atoms. The number of para-hydroxylation sites is 1. The Labute approximate surface area is 144 Å². The van der Waals surface area contributed by atoms with Gasteiger partial charge in [0, 0.05) is 0 Å². The summed E-state index contributed by atoms with van der Waals surface area (Å²) in [5.41, 5.74) is 1.70. The highest BCUT2D eigenvalue weighted by molar-refractivity contribution is 5.67. The zero-order valence-electron chi connectivity index (χ0n) is 13.4. The van der Waals surface area contributed by atoms with Crippen molar-refractivity contribution in [3.63, 3.8) is 0 Å². The second-order valence-electron chi connectivity index (χ2n) is 5.58. The number of rotatable bonds is 4. The van der Waals surface area contributed by atoms with Crippen molar-refractivity contribution < 1.29 is 13.9 Å². The van der Waals surface area contributed by atoms with Crippen molar-refractivity contribution in [2.45, 2.75) is 6.61 Å². The van der Waals surface area contributed by atoms with Crippen LogP contribution in [0.5, 0.6) is 11.5 Å². The SMILES string of the molecule is Fc1cccc2c1OCCN2c1ncc(OCc2ccccc2)cn1. The van der Waals surface area contributed by atoms with Gasteiger partial charge in [0.15, 0.2) is 17.3 Å². The first-order valence-electron chi connectivity index (χ1n) is 7.99. The van der Waals surface area contributed by atoms with E-state index in [1.165, 1.54) is 6.07 Å². The zero-order chi connectivity index (χ0) is 17.1. The maximum absolute atomic E-state index is 13.9. The van der Waals surface area contributed by atoms with Gasteiger partial charge >= 0.3 is 0 Å². The van der Waals surface area contributed by atoms with Gasteiger partial charge in [0.1, 0.15) is 13.2 Å². The first-order chi connectivity index (χ1) is 12.3. The molecule has 2 aromatic carbocycles. The Bertz CT molecular complexity index is 856. The number of anilines is 2. The summed E-state index contributed by atoms with van der Waals surface area (Å²) in [6.07, 6.45) is 3.25. The second kappa shape index (κ2) is 6.76. The monoisotopic (exact) mass is 337 g/mol. The molecule has 1 aromatic heterocycles. The predicted molar refractivity (Wildman–Crippen MR) is 91.7 cm³/mol. The molecule has 0 saturated heterocycles. The van der Waals surface area contributed by atoms with E-state index >= 15 is 0 Å². The summed E-state index contributed by atoms with van der Waals surface area (Å²) in [7, 11) is 0. The fraction of sp³-hybridized carbons (Fsp3) is 0.158. The summed E-state index contributed by atoms with van der Waals surface area (Å²) in [6, 6.07) is 14.7.